The molecular weight excluding hydrogens is 292 g/mol. The third-order valence-corrected chi connectivity index (χ3v) is 3.46. The van der Waals surface area contributed by atoms with E-state index in [1.54, 1.807) is 24.4 Å². The van der Waals surface area contributed by atoms with Gasteiger partial charge in [-0.3, -0.25) is 0 Å². The number of azo groups is 1. The first-order valence-corrected chi connectivity index (χ1v) is 7.19. The van der Waals surface area contributed by atoms with E-state index in [1.807, 2.05) is 30.3 Å². The van der Waals surface area contributed by atoms with Crippen LogP contribution in [0.4, 0.5) is 0 Å². The minimum absolute atomic E-state index is 0.0129. The van der Waals surface area contributed by atoms with Gasteiger partial charge in [0.2, 0.25) is 0 Å². The van der Waals surface area contributed by atoms with Crippen LogP contribution in [0.15, 0.2) is 69.0 Å². The van der Waals surface area contributed by atoms with Crippen molar-refractivity contribution in [3.63, 3.8) is 0 Å². The maximum Gasteiger partial charge on any atom is 0.175 e. The number of hydrogen-bond acceptors (Lipinski definition) is 5. The monoisotopic (exact) mass is 308 g/mol. The number of amidine groups is 1. The van der Waals surface area contributed by atoms with Gasteiger partial charge in [-0.25, -0.2) is 0 Å². The lowest BCUT2D eigenvalue weighted by Gasteiger charge is -2.03. The summed E-state index contributed by atoms with van der Waals surface area (Å²) in [4.78, 5) is 0. The van der Waals surface area contributed by atoms with E-state index in [1.165, 1.54) is 7.11 Å². The quantitative estimate of drug-likeness (QED) is 0.690. The summed E-state index contributed by atoms with van der Waals surface area (Å²) in [6, 6.07) is 15.0. The molecule has 0 saturated heterocycles. The molecule has 6 heteroatoms. The number of aromatic hydroxyl groups is 1. The fourth-order valence-electron chi connectivity index (χ4n) is 2.25. The predicted octanol–water partition coefficient (Wildman–Crippen LogP) is 3.73. The molecule has 0 spiro atoms. The van der Waals surface area contributed by atoms with Crippen molar-refractivity contribution in [2.45, 2.75) is 12.5 Å². The molecule has 1 aliphatic rings. The van der Waals surface area contributed by atoms with E-state index in [2.05, 4.69) is 20.4 Å². The number of phenols is 1. The van der Waals surface area contributed by atoms with Gasteiger partial charge in [0.05, 0.1) is 13.3 Å². The Balaban J connectivity index is 1.66. The molecule has 0 radical (unpaired) electrons. The van der Waals surface area contributed by atoms with Gasteiger partial charge in [-0.15, -0.1) is 10.2 Å². The summed E-state index contributed by atoms with van der Waals surface area (Å²) in [6.45, 7) is 0. The Kier molecular flexibility index (Phi) is 4.42. The third kappa shape index (κ3) is 3.60. The molecule has 116 valence electrons. The number of benzene rings is 2. The van der Waals surface area contributed by atoms with Crippen LogP contribution in [-0.2, 0) is 0 Å². The fourth-order valence-corrected chi connectivity index (χ4v) is 2.25. The van der Waals surface area contributed by atoms with Gasteiger partial charge >= 0.3 is 0 Å². The molecule has 3 rings (SSSR count). The molecule has 0 unspecified atom stereocenters. The predicted molar refractivity (Wildman–Crippen MR) is 88.3 cm³/mol. The van der Waals surface area contributed by atoms with Gasteiger partial charge < -0.3 is 9.84 Å². The van der Waals surface area contributed by atoms with Crippen LogP contribution in [0, 0.1) is 0 Å². The van der Waals surface area contributed by atoms with E-state index in [4.69, 9.17) is 4.74 Å². The van der Waals surface area contributed by atoms with Crippen LogP contribution in [0.2, 0.25) is 0 Å². The smallest absolute Gasteiger partial charge is 0.175 e. The van der Waals surface area contributed by atoms with Crippen LogP contribution in [0.1, 0.15) is 23.6 Å². The van der Waals surface area contributed by atoms with Crippen molar-refractivity contribution in [2.75, 3.05) is 7.11 Å². The molecule has 1 N–H and O–H groups in total. The molecule has 0 amide bonds. The number of hydrogen-bond donors (Lipinski definition) is 1. The van der Waals surface area contributed by atoms with Crippen molar-refractivity contribution in [3.05, 3.63) is 59.7 Å². The van der Waals surface area contributed by atoms with Crippen molar-refractivity contribution >= 4 is 12.1 Å². The normalized spacial score (nSPS) is 18.8. The van der Waals surface area contributed by atoms with E-state index in [-0.39, 0.29) is 11.8 Å². The average molecular weight is 308 g/mol. The standard InChI is InChI=1S/C17H16N4O2/c1-23-16-9-12(7-8-15(16)22)11-18-20-17-10-14(19-21-17)13-5-3-2-4-6-13/h2-9,11,14,22H,10H2,1H3/b18-11-,20-17+/t14-/m0/s1. The Bertz CT molecular complexity index is 769. The largest absolute Gasteiger partial charge is 0.504 e. The highest BCUT2D eigenvalue weighted by molar-refractivity contribution is 5.86. The van der Waals surface area contributed by atoms with Gasteiger partial charge in [-0.1, -0.05) is 30.3 Å². The van der Waals surface area contributed by atoms with E-state index in [0.717, 1.165) is 11.1 Å². The highest BCUT2D eigenvalue weighted by atomic mass is 16.5. The topological polar surface area (TPSA) is 78.9 Å². The first-order valence-electron chi connectivity index (χ1n) is 7.19. The summed E-state index contributed by atoms with van der Waals surface area (Å²) < 4.78 is 5.05. The van der Waals surface area contributed by atoms with Crippen molar-refractivity contribution in [3.8, 4) is 11.5 Å². The Morgan fingerprint density at radius 1 is 1.22 bits per heavy atom. The highest BCUT2D eigenvalue weighted by Gasteiger charge is 2.19. The molecule has 6 nitrogen and oxygen atoms in total. The van der Waals surface area contributed by atoms with Gasteiger partial charge in [-0.05, 0) is 29.3 Å². The Labute approximate surface area is 133 Å². The minimum Gasteiger partial charge on any atom is -0.504 e. The van der Waals surface area contributed by atoms with Crippen molar-refractivity contribution in [2.24, 2.45) is 20.4 Å². The van der Waals surface area contributed by atoms with Gasteiger partial charge in [0.1, 0.15) is 6.04 Å². The molecule has 0 aromatic heterocycles. The summed E-state index contributed by atoms with van der Waals surface area (Å²) >= 11 is 0. The van der Waals surface area contributed by atoms with Crippen LogP contribution < -0.4 is 4.74 Å². The number of ether oxygens (including phenoxy) is 1. The second-order valence-electron chi connectivity index (χ2n) is 5.04. The average Bonchev–Trinajstić information content (AvgIpc) is 3.06. The molecule has 2 aromatic carbocycles. The first kappa shape index (κ1) is 14.9. The molecular formula is C17H16N4O2. The summed E-state index contributed by atoms with van der Waals surface area (Å²) in [7, 11) is 1.50. The maximum atomic E-state index is 9.55. The summed E-state index contributed by atoms with van der Waals surface area (Å²) in [5.74, 6) is 1.08. The summed E-state index contributed by atoms with van der Waals surface area (Å²) in [6.07, 6.45) is 2.22. The van der Waals surface area contributed by atoms with Crippen molar-refractivity contribution in [1.82, 2.24) is 0 Å². The fraction of sp³-hybridized carbons (Fsp3) is 0.176. The zero-order valence-electron chi connectivity index (χ0n) is 12.6. The summed E-state index contributed by atoms with van der Waals surface area (Å²) in [5, 5.41) is 26.0. The molecule has 0 aliphatic carbocycles. The van der Waals surface area contributed by atoms with Gasteiger partial charge in [0, 0.05) is 6.42 Å². The van der Waals surface area contributed by atoms with Crippen LogP contribution in [0.3, 0.4) is 0 Å². The van der Waals surface area contributed by atoms with Crippen molar-refractivity contribution < 1.29 is 9.84 Å². The Morgan fingerprint density at radius 2 is 2.04 bits per heavy atom. The molecule has 1 atom stereocenters. The Morgan fingerprint density at radius 3 is 2.83 bits per heavy atom. The molecule has 0 saturated carbocycles. The van der Waals surface area contributed by atoms with E-state index in [9.17, 15) is 5.11 Å². The maximum absolute atomic E-state index is 9.55. The molecule has 1 heterocycles. The van der Waals surface area contributed by atoms with Gasteiger partial charge in [0.25, 0.3) is 0 Å². The summed E-state index contributed by atoms with van der Waals surface area (Å²) in [5.41, 5.74) is 1.90. The van der Waals surface area contributed by atoms with Crippen LogP contribution in [0.25, 0.3) is 0 Å². The second-order valence-corrected chi connectivity index (χ2v) is 5.04. The lowest BCUT2D eigenvalue weighted by Crippen LogP contribution is -1.95. The van der Waals surface area contributed by atoms with Crippen LogP contribution >= 0.6 is 0 Å². The Hall–Kier alpha value is -3.02. The SMILES string of the molecule is COc1cc(/C=N\N=C2/C[C@@H](c3ccccc3)N=N2)ccc1O. The highest BCUT2D eigenvalue weighted by Crippen LogP contribution is 2.27. The van der Waals surface area contributed by atoms with Crippen LogP contribution in [-0.4, -0.2) is 24.3 Å². The molecule has 1 aliphatic heterocycles. The van der Waals surface area contributed by atoms with Crippen molar-refractivity contribution in [1.29, 1.82) is 0 Å². The minimum atomic E-state index is 0.0129. The van der Waals surface area contributed by atoms with E-state index in [0.29, 0.717) is 18.0 Å². The molecule has 23 heavy (non-hydrogen) atoms. The van der Waals surface area contributed by atoms with Gasteiger partial charge in [0.15, 0.2) is 17.3 Å². The van der Waals surface area contributed by atoms with E-state index < -0.39 is 0 Å². The lowest BCUT2D eigenvalue weighted by atomic mass is 10.1. The molecule has 0 fully saturated rings. The number of nitrogens with zero attached hydrogens (tertiary/aromatic N) is 4. The number of phenolic OH excluding ortho intramolecular Hbond substituents is 1. The van der Waals surface area contributed by atoms with Gasteiger partial charge in [-0.2, -0.15) is 10.2 Å². The third-order valence-electron chi connectivity index (χ3n) is 3.46. The zero-order chi connectivity index (χ0) is 16.1. The number of rotatable bonds is 4. The zero-order valence-corrected chi connectivity index (χ0v) is 12.6. The first-order chi connectivity index (χ1) is 11.3. The lowest BCUT2D eigenvalue weighted by molar-refractivity contribution is 0.373. The van der Waals surface area contributed by atoms with E-state index >= 15 is 0 Å². The number of methoxy groups -OCH3 is 1. The molecule has 2 aromatic rings. The molecule has 0 bridgehead atoms. The van der Waals surface area contributed by atoms with Crippen LogP contribution in [0.5, 0.6) is 11.5 Å². The second kappa shape index (κ2) is 6.83.